The van der Waals surface area contributed by atoms with E-state index in [2.05, 4.69) is 31.4 Å². The largest absolute Gasteiger partial charge is 0.316 e. The molecule has 0 bridgehead atoms. The maximum absolute atomic E-state index is 6.07. The second-order valence-corrected chi connectivity index (χ2v) is 6.33. The van der Waals surface area contributed by atoms with Gasteiger partial charge in [0, 0.05) is 11.1 Å². The predicted molar refractivity (Wildman–Crippen MR) is 79.2 cm³/mol. The first-order valence-corrected chi connectivity index (χ1v) is 7.43. The molecule has 0 saturated heterocycles. The summed E-state index contributed by atoms with van der Waals surface area (Å²) in [6, 6.07) is 8.83. The number of likely N-dealkylation sites (N-methyl/N-ethyl adjacent to an activating group) is 1. The monoisotopic (exact) mass is 265 g/mol. The molecule has 0 radical (unpaired) electrons. The van der Waals surface area contributed by atoms with Gasteiger partial charge in [0.1, 0.15) is 0 Å². The van der Waals surface area contributed by atoms with Gasteiger partial charge >= 0.3 is 0 Å². The van der Waals surface area contributed by atoms with E-state index in [1.165, 1.54) is 37.7 Å². The quantitative estimate of drug-likeness (QED) is 0.849. The molecule has 0 aliphatic heterocycles. The highest BCUT2D eigenvalue weighted by Gasteiger charge is 2.34. The molecule has 1 nitrogen and oxygen atoms in total. The molecule has 1 aromatic carbocycles. The van der Waals surface area contributed by atoms with Crippen molar-refractivity contribution in [3.8, 4) is 0 Å². The minimum absolute atomic E-state index is 0.440. The Kier molecular flexibility index (Phi) is 4.69. The molecule has 0 amide bonds. The number of nitrogens with one attached hydrogen (secondary N) is 1. The van der Waals surface area contributed by atoms with E-state index in [0.717, 1.165) is 11.4 Å². The molecule has 1 aliphatic rings. The van der Waals surface area contributed by atoms with Crippen LogP contribution in [0.15, 0.2) is 24.3 Å². The summed E-state index contributed by atoms with van der Waals surface area (Å²) >= 11 is 6.07. The zero-order valence-electron chi connectivity index (χ0n) is 11.5. The third-order valence-electron chi connectivity index (χ3n) is 4.51. The van der Waals surface area contributed by atoms with Crippen molar-refractivity contribution in [3.05, 3.63) is 34.9 Å². The fourth-order valence-corrected chi connectivity index (χ4v) is 3.52. The average Bonchev–Trinajstić information content (AvgIpc) is 2.37. The van der Waals surface area contributed by atoms with Crippen molar-refractivity contribution in [2.75, 3.05) is 7.05 Å². The topological polar surface area (TPSA) is 12.0 Å². The van der Waals surface area contributed by atoms with Gasteiger partial charge in [-0.05, 0) is 49.4 Å². The molecule has 1 N–H and O–H groups in total. The minimum atomic E-state index is 0.440. The molecule has 1 unspecified atom stereocenters. The van der Waals surface area contributed by atoms with Gasteiger partial charge in [-0.25, -0.2) is 0 Å². The average molecular weight is 266 g/mol. The Labute approximate surface area is 116 Å². The summed E-state index contributed by atoms with van der Waals surface area (Å²) in [5, 5.41) is 4.38. The van der Waals surface area contributed by atoms with Crippen LogP contribution in [0, 0.1) is 5.41 Å². The molecule has 18 heavy (non-hydrogen) atoms. The smallest absolute Gasteiger partial charge is 0.0408 e. The van der Waals surface area contributed by atoms with Gasteiger partial charge in [0.2, 0.25) is 0 Å². The molecular formula is C16H24ClN. The third-order valence-corrected chi connectivity index (χ3v) is 4.75. The zero-order valence-corrected chi connectivity index (χ0v) is 12.3. The maximum Gasteiger partial charge on any atom is 0.0408 e. The summed E-state index contributed by atoms with van der Waals surface area (Å²) in [6.45, 7) is 2.44. The van der Waals surface area contributed by atoms with Crippen molar-refractivity contribution < 1.29 is 0 Å². The van der Waals surface area contributed by atoms with E-state index in [1.54, 1.807) is 0 Å². The van der Waals surface area contributed by atoms with Gasteiger partial charge in [-0.15, -0.1) is 0 Å². The molecule has 1 fully saturated rings. The number of benzene rings is 1. The second-order valence-electron chi connectivity index (χ2n) is 5.89. The Morgan fingerprint density at radius 2 is 2.00 bits per heavy atom. The van der Waals surface area contributed by atoms with E-state index in [-0.39, 0.29) is 0 Å². The molecule has 0 heterocycles. The van der Waals surface area contributed by atoms with E-state index in [4.69, 9.17) is 11.6 Å². The fraction of sp³-hybridized carbons (Fsp3) is 0.625. The van der Waals surface area contributed by atoms with Crippen LogP contribution >= 0.6 is 11.6 Å². The lowest BCUT2D eigenvalue weighted by Gasteiger charge is -2.41. The molecule has 0 aromatic heterocycles. The van der Waals surface area contributed by atoms with Crippen LogP contribution in [0.4, 0.5) is 0 Å². The van der Waals surface area contributed by atoms with Crippen LogP contribution in [0.2, 0.25) is 5.02 Å². The first-order valence-electron chi connectivity index (χ1n) is 7.06. The highest BCUT2D eigenvalue weighted by atomic mass is 35.5. The van der Waals surface area contributed by atoms with Crippen LogP contribution in [0.5, 0.6) is 0 Å². The van der Waals surface area contributed by atoms with Gasteiger partial charge in [0.25, 0.3) is 0 Å². The molecule has 1 saturated carbocycles. The number of rotatable bonds is 4. The summed E-state index contributed by atoms with van der Waals surface area (Å²) in [7, 11) is 2.09. The highest BCUT2D eigenvalue weighted by molar-refractivity contribution is 6.30. The first kappa shape index (κ1) is 13.9. The SMILES string of the molecule is CNC(Cc1cccc(Cl)c1)C1(C)CCCCC1. The second kappa shape index (κ2) is 6.08. The summed E-state index contributed by atoms with van der Waals surface area (Å²) in [5.74, 6) is 0. The number of hydrogen-bond acceptors (Lipinski definition) is 1. The number of hydrogen-bond donors (Lipinski definition) is 1. The summed E-state index contributed by atoms with van der Waals surface area (Å²) in [6.07, 6.45) is 7.93. The van der Waals surface area contributed by atoms with Crippen LogP contribution in [0.1, 0.15) is 44.6 Å². The van der Waals surface area contributed by atoms with E-state index in [1.807, 2.05) is 12.1 Å². The Hall–Kier alpha value is -0.530. The van der Waals surface area contributed by atoms with Gasteiger partial charge < -0.3 is 5.32 Å². The zero-order chi connectivity index (χ0) is 13.0. The van der Waals surface area contributed by atoms with Crippen molar-refractivity contribution in [3.63, 3.8) is 0 Å². The van der Waals surface area contributed by atoms with Crippen LogP contribution in [-0.2, 0) is 6.42 Å². The van der Waals surface area contributed by atoms with E-state index < -0.39 is 0 Å². The van der Waals surface area contributed by atoms with Crippen LogP contribution in [0.25, 0.3) is 0 Å². The van der Waals surface area contributed by atoms with Crippen LogP contribution in [0.3, 0.4) is 0 Å². The number of halogens is 1. The maximum atomic E-state index is 6.07. The van der Waals surface area contributed by atoms with E-state index in [9.17, 15) is 0 Å². The van der Waals surface area contributed by atoms with Crippen molar-refractivity contribution in [2.45, 2.75) is 51.5 Å². The first-order chi connectivity index (χ1) is 8.64. The lowest BCUT2D eigenvalue weighted by Crippen LogP contribution is -2.44. The van der Waals surface area contributed by atoms with Gasteiger partial charge in [-0.1, -0.05) is 49.9 Å². The minimum Gasteiger partial charge on any atom is -0.316 e. The molecule has 100 valence electrons. The third kappa shape index (κ3) is 3.27. The molecule has 1 aromatic rings. The lowest BCUT2D eigenvalue weighted by molar-refractivity contribution is 0.149. The van der Waals surface area contributed by atoms with E-state index >= 15 is 0 Å². The molecule has 1 aliphatic carbocycles. The van der Waals surface area contributed by atoms with Crippen molar-refractivity contribution >= 4 is 11.6 Å². The Bertz CT molecular complexity index is 382. The summed E-state index contributed by atoms with van der Waals surface area (Å²) in [5.41, 5.74) is 1.78. The predicted octanol–water partition coefficient (Wildman–Crippen LogP) is 4.44. The van der Waals surface area contributed by atoms with Gasteiger partial charge in [-0.2, -0.15) is 0 Å². The molecule has 2 rings (SSSR count). The van der Waals surface area contributed by atoms with E-state index in [0.29, 0.717) is 11.5 Å². The molecule has 0 spiro atoms. The molecular weight excluding hydrogens is 242 g/mol. The van der Waals surface area contributed by atoms with Gasteiger partial charge in [0.15, 0.2) is 0 Å². The van der Waals surface area contributed by atoms with Crippen LogP contribution in [-0.4, -0.2) is 13.1 Å². The van der Waals surface area contributed by atoms with Crippen molar-refractivity contribution in [1.29, 1.82) is 0 Å². The highest BCUT2D eigenvalue weighted by Crippen LogP contribution is 2.39. The molecule has 2 heteroatoms. The van der Waals surface area contributed by atoms with Crippen molar-refractivity contribution in [1.82, 2.24) is 5.32 Å². The molecule has 1 atom stereocenters. The lowest BCUT2D eigenvalue weighted by atomic mass is 9.69. The van der Waals surface area contributed by atoms with Crippen LogP contribution < -0.4 is 5.32 Å². The standard InChI is InChI=1S/C16H24ClN/c1-16(9-4-3-5-10-16)15(18-2)12-13-7-6-8-14(17)11-13/h6-8,11,15,18H,3-5,9-10,12H2,1-2H3. The summed E-state index contributed by atoms with van der Waals surface area (Å²) < 4.78 is 0. The summed E-state index contributed by atoms with van der Waals surface area (Å²) in [4.78, 5) is 0. The normalized spacial score (nSPS) is 20.6. The fourth-order valence-electron chi connectivity index (χ4n) is 3.30. The Balaban J connectivity index is 2.09. The van der Waals surface area contributed by atoms with Gasteiger partial charge in [-0.3, -0.25) is 0 Å². The Morgan fingerprint density at radius 1 is 1.28 bits per heavy atom. The van der Waals surface area contributed by atoms with Crippen molar-refractivity contribution in [2.24, 2.45) is 5.41 Å². The Morgan fingerprint density at radius 3 is 2.61 bits per heavy atom. The van der Waals surface area contributed by atoms with Gasteiger partial charge in [0.05, 0.1) is 0 Å².